The monoisotopic (exact) mass is 490 g/mol. The Labute approximate surface area is 207 Å². The minimum atomic E-state index is -1.29. The third kappa shape index (κ3) is 5.63. The minimum Gasteiger partial charge on any atom is -0.445 e. The fraction of sp³-hybridized carbons (Fsp3) is 0.269. The van der Waals surface area contributed by atoms with E-state index in [0.29, 0.717) is 22.0 Å². The molecule has 180 valence electrons. The number of ether oxygens (including phenoxy) is 1. The van der Waals surface area contributed by atoms with Crippen molar-refractivity contribution in [3.05, 3.63) is 82.3 Å². The van der Waals surface area contributed by atoms with E-state index in [1.807, 2.05) is 47.8 Å². The van der Waals surface area contributed by atoms with E-state index < -0.39 is 23.6 Å². The predicted molar refractivity (Wildman–Crippen MR) is 135 cm³/mol. The summed E-state index contributed by atoms with van der Waals surface area (Å²) in [7, 11) is 0. The number of ketones is 1. The van der Waals surface area contributed by atoms with Gasteiger partial charge in [0.1, 0.15) is 17.3 Å². The Bertz CT molecular complexity index is 1250. The molecule has 1 aliphatic heterocycles. The van der Waals surface area contributed by atoms with Crippen LogP contribution in [0.5, 0.6) is 0 Å². The quantitative estimate of drug-likeness (QED) is 0.558. The molecular formula is C26H26N4O4S. The lowest BCUT2D eigenvalue weighted by Crippen LogP contribution is -2.50. The van der Waals surface area contributed by atoms with Gasteiger partial charge in [0.15, 0.2) is 5.78 Å². The van der Waals surface area contributed by atoms with Gasteiger partial charge < -0.3 is 9.64 Å². The van der Waals surface area contributed by atoms with Gasteiger partial charge >= 0.3 is 6.09 Å². The molecule has 1 atom stereocenters. The summed E-state index contributed by atoms with van der Waals surface area (Å²) < 4.78 is 5.32. The van der Waals surface area contributed by atoms with Gasteiger partial charge in [0.2, 0.25) is 6.17 Å². The first-order chi connectivity index (χ1) is 16.7. The van der Waals surface area contributed by atoms with Gasteiger partial charge in [0.25, 0.3) is 5.91 Å². The van der Waals surface area contributed by atoms with E-state index in [1.54, 1.807) is 39.1 Å². The lowest BCUT2D eigenvalue weighted by Gasteiger charge is -2.27. The highest BCUT2D eigenvalue weighted by molar-refractivity contribution is 7.12. The number of fused-ring (bicyclic) bond motifs is 1. The van der Waals surface area contributed by atoms with Crippen LogP contribution >= 0.6 is 11.3 Å². The molecule has 1 unspecified atom stereocenters. The maximum absolute atomic E-state index is 13.7. The maximum Gasteiger partial charge on any atom is 0.409 e. The molecule has 0 fully saturated rings. The Kier molecular flexibility index (Phi) is 7.07. The normalized spacial score (nSPS) is 15.6. The summed E-state index contributed by atoms with van der Waals surface area (Å²) in [6, 6.07) is 16.4. The zero-order valence-electron chi connectivity index (χ0n) is 19.7. The smallest absolute Gasteiger partial charge is 0.409 e. The number of Topliss-reactive ketones (excluding diaryl/α,β-unsaturated/α-hetero) is 1. The average molecular weight is 491 g/mol. The molecule has 2 heterocycles. The van der Waals surface area contributed by atoms with Crippen molar-refractivity contribution in [1.82, 2.24) is 10.3 Å². The van der Waals surface area contributed by atoms with Crippen molar-refractivity contribution in [3.63, 3.8) is 0 Å². The summed E-state index contributed by atoms with van der Waals surface area (Å²) in [4.78, 5) is 49.6. The molecule has 4 rings (SSSR count). The predicted octanol–water partition coefficient (Wildman–Crippen LogP) is 4.19. The number of carbonyl (C=O) groups is 3. The van der Waals surface area contributed by atoms with Crippen LogP contribution in [-0.4, -0.2) is 41.2 Å². The number of nitrogens with one attached hydrogen (secondary N) is 1. The zero-order chi connectivity index (χ0) is 25.0. The summed E-state index contributed by atoms with van der Waals surface area (Å²) in [5.74, 6) is -0.651. The minimum absolute atomic E-state index is 0.0447. The molecule has 0 saturated heterocycles. The topological polar surface area (TPSA) is 101 Å². The Balaban J connectivity index is 1.68. The molecule has 3 aromatic rings. The van der Waals surface area contributed by atoms with Crippen LogP contribution in [0.2, 0.25) is 0 Å². The summed E-state index contributed by atoms with van der Waals surface area (Å²) in [6.45, 7) is 5.30. The highest BCUT2D eigenvalue weighted by Gasteiger charge is 2.36. The first-order valence-electron chi connectivity index (χ1n) is 11.1. The van der Waals surface area contributed by atoms with E-state index in [9.17, 15) is 14.4 Å². The first-order valence-corrected chi connectivity index (χ1v) is 12.0. The Morgan fingerprint density at radius 2 is 1.80 bits per heavy atom. The van der Waals surface area contributed by atoms with E-state index in [2.05, 4.69) is 15.3 Å². The third-order valence-corrected chi connectivity index (χ3v) is 6.23. The second-order valence-electron chi connectivity index (χ2n) is 9.04. The Morgan fingerprint density at radius 3 is 2.49 bits per heavy atom. The van der Waals surface area contributed by atoms with E-state index in [0.717, 1.165) is 5.56 Å². The zero-order valence-corrected chi connectivity index (χ0v) is 20.5. The fourth-order valence-electron chi connectivity index (χ4n) is 3.45. The number of aromatic nitrogens is 1. The number of anilines is 1. The van der Waals surface area contributed by atoms with Gasteiger partial charge in [0.05, 0.1) is 12.2 Å². The summed E-state index contributed by atoms with van der Waals surface area (Å²) >= 11 is 1.37. The van der Waals surface area contributed by atoms with Gasteiger partial charge in [-0.1, -0.05) is 69.3 Å². The van der Waals surface area contributed by atoms with Crippen molar-refractivity contribution in [2.45, 2.75) is 33.5 Å². The number of amides is 2. The molecule has 2 amide bonds. The Morgan fingerprint density at radius 1 is 1.09 bits per heavy atom. The molecule has 9 heteroatoms. The highest BCUT2D eigenvalue weighted by Crippen LogP contribution is 2.30. The van der Waals surface area contributed by atoms with Crippen LogP contribution in [0, 0.1) is 5.41 Å². The number of thiazole rings is 1. The molecule has 0 saturated carbocycles. The largest absolute Gasteiger partial charge is 0.445 e. The van der Waals surface area contributed by atoms with Crippen LogP contribution in [0.15, 0.2) is 71.2 Å². The molecule has 0 radical (unpaired) electrons. The summed E-state index contributed by atoms with van der Waals surface area (Å²) in [5.41, 5.74) is 1.80. The lowest BCUT2D eigenvalue weighted by atomic mass is 9.90. The van der Waals surface area contributed by atoms with E-state index in [1.165, 1.54) is 16.2 Å². The van der Waals surface area contributed by atoms with E-state index in [-0.39, 0.29) is 18.9 Å². The van der Waals surface area contributed by atoms with Crippen LogP contribution in [-0.2, 0) is 20.9 Å². The molecule has 0 spiro atoms. The average Bonchev–Trinajstić information content (AvgIpc) is 3.35. The van der Waals surface area contributed by atoms with Crippen molar-refractivity contribution in [3.8, 4) is 0 Å². The highest BCUT2D eigenvalue weighted by atomic mass is 32.1. The van der Waals surface area contributed by atoms with Crippen LogP contribution in [0.3, 0.4) is 0 Å². The number of aliphatic imine (C=N–C) groups is 1. The van der Waals surface area contributed by atoms with Crippen molar-refractivity contribution < 1.29 is 19.1 Å². The van der Waals surface area contributed by atoms with Crippen LogP contribution < -0.4 is 10.2 Å². The van der Waals surface area contributed by atoms with Gasteiger partial charge in [-0.15, -0.1) is 11.3 Å². The van der Waals surface area contributed by atoms with Crippen LogP contribution in [0.1, 0.15) is 36.9 Å². The van der Waals surface area contributed by atoms with Crippen molar-refractivity contribution in [2.75, 3.05) is 11.4 Å². The van der Waals surface area contributed by atoms with E-state index >= 15 is 0 Å². The molecule has 2 aromatic carbocycles. The van der Waals surface area contributed by atoms with Gasteiger partial charge in [-0.25, -0.2) is 14.8 Å². The summed E-state index contributed by atoms with van der Waals surface area (Å²) in [5, 5.41) is 4.98. The maximum atomic E-state index is 13.7. The lowest BCUT2D eigenvalue weighted by molar-refractivity contribution is -0.127. The first kappa shape index (κ1) is 24.3. The van der Waals surface area contributed by atoms with Crippen LogP contribution in [0.25, 0.3) is 0 Å². The van der Waals surface area contributed by atoms with E-state index in [4.69, 9.17) is 4.74 Å². The molecule has 0 bridgehead atoms. The van der Waals surface area contributed by atoms with Crippen molar-refractivity contribution in [2.24, 2.45) is 10.4 Å². The number of benzene rings is 2. The van der Waals surface area contributed by atoms with Crippen molar-refractivity contribution >= 4 is 40.5 Å². The van der Waals surface area contributed by atoms with Gasteiger partial charge in [-0.2, -0.15) is 0 Å². The number of nitrogens with zero attached hydrogens (tertiary/aromatic N) is 3. The number of rotatable bonds is 6. The fourth-order valence-corrected chi connectivity index (χ4v) is 4.10. The molecule has 35 heavy (non-hydrogen) atoms. The number of benzodiazepines with no additional fused rings is 1. The van der Waals surface area contributed by atoms with Crippen molar-refractivity contribution in [1.29, 1.82) is 0 Å². The Hall–Kier alpha value is -3.85. The second kappa shape index (κ2) is 10.2. The molecule has 0 aliphatic carbocycles. The number of carbonyl (C=O) groups excluding carboxylic acids is 3. The number of hydrogen-bond acceptors (Lipinski definition) is 7. The third-order valence-electron chi connectivity index (χ3n) is 5.45. The van der Waals surface area contributed by atoms with Gasteiger partial charge in [-0.05, 0) is 11.6 Å². The SMILES string of the molecule is CC(C)(C)C(=O)CN1C(=O)C(NC(=O)OCc2ccccc2)N=C(c2nccs2)c2ccccc21. The number of alkyl carbamates (subject to hydrolysis) is 1. The van der Waals surface area contributed by atoms with Gasteiger partial charge in [-0.3, -0.25) is 14.9 Å². The molecule has 1 N–H and O–H groups in total. The molecule has 1 aliphatic rings. The standard InChI is InChI=1S/C26H26N4O4S/c1-26(2,3)20(31)15-30-19-12-8-7-11-18(19)21(23-27-13-14-35-23)28-22(24(30)32)29-25(33)34-16-17-9-5-4-6-10-17/h4-14,22H,15-16H2,1-3H3,(H,29,33). The second-order valence-corrected chi connectivity index (χ2v) is 9.93. The number of hydrogen-bond donors (Lipinski definition) is 1. The molecular weight excluding hydrogens is 464 g/mol. The molecule has 8 nitrogen and oxygen atoms in total. The van der Waals surface area contributed by atoms with Gasteiger partial charge in [0, 0.05) is 22.6 Å². The molecule has 1 aromatic heterocycles. The van der Waals surface area contributed by atoms with Crippen LogP contribution in [0.4, 0.5) is 10.5 Å². The number of para-hydroxylation sites is 1. The summed E-state index contributed by atoms with van der Waals surface area (Å²) in [6.07, 6.45) is -0.435.